The van der Waals surface area contributed by atoms with Crippen molar-refractivity contribution in [3.8, 4) is 11.5 Å². The van der Waals surface area contributed by atoms with E-state index >= 15 is 0 Å². The van der Waals surface area contributed by atoms with Crippen LogP contribution in [0.3, 0.4) is 0 Å². The molecule has 0 saturated carbocycles. The Kier molecular flexibility index (Phi) is 7.85. The van der Waals surface area contributed by atoms with Crippen molar-refractivity contribution in [2.45, 2.75) is 46.1 Å². The molecule has 1 heterocycles. The first kappa shape index (κ1) is 25.8. The molecule has 3 rings (SSSR count). The van der Waals surface area contributed by atoms with Crippen LogP contribution in [0.2, 0.25) is 0 Å². The van der Waals surface area contributed by atoms with Gasteiger partial charge in [0.25, 0.3) is 0 Å². The molecule has 0 aromatic heterocycles. The van der Waals surface area contributed by atoms with E-state index in [1.54, 1.807) is 13.8 Å². The van der Waals surface area contributed by atoms with Crippen LogP contribution in [0, 0.1) is 6.92 Å². The van der Waals surface area contributed by atoms with E-state index in [0.29, 0.717) is 36.6 Å². The van der Waals surface area contributed by atoms with E-state index in [2.05, 4.69) is 20.1 Å². The number of aryl methyl sites for hydroxylation is 1. The van der Waals surface area contributed by atoms with Gasteiger partial charge in [0.15, 0.2) is 0 Å². The van der Waals surface area contributed by atoms with Crippen LogP contribution in [-0.2, 0) is 29.8 Å². The molecule has 0 aliphatic carbocycles. The summed E-state index contributed by atoms with van der Waals surface area (Å²) >= 11 is 0. The van der Waals surface area contributed by atoms with Crippen LogP contribution in [0.4, 0.5) is 16.2 Å². The number of carbonyl (C=O) groups excluding carboxylic acids is 2. The maximum Gasteiger partial charge on any atom is 0.521 e. The number of benzene rings is 2. The lowest BCUT2D eigenvalue weighted by Gasteiger charge is -2.33. The van der Waals surface area contributed by atoms with Gasteiger partial charge in [0.2, 0.25) is 5.91 Å². The molecule has 1 aliphatic rings. The number of amides is 2. The molecule has 1 aliphatic heterocycles. The van der Waals surface area contributed by atoms with Gasteiger partial charge >= 0.3 is 16.5 Å². The van der Waals surface area contributed by atoms with Gasteiger partial charge in [-0.1, -0.05) is 5.16 Å². The number of oxime groups is 1. The first-order valence-electron chi connectivity index (χ1n) is 10.8. The minimum absolute atomic E-state index is 0.0104. The Morgan fingerprint density at radius 1 is 1.23 bits per heavy atom. The number of ether oxygens (including phenoxy) is 2. The van der Waals surface area contributed by atoms with Crippen LogP contribution in [-0.4, -0.2) is 33.2 Å². The highest BCUT2D eigenvalue weighted by molar-refractivity contribution is 7.82. The fourth-order valence-corrected chi connectivity index (χ4v) is 3.83. The van der Waals surface area contributed by atoms with Crippen molar-refractivity contribution >= 4 is 40.0 Å². The quantitative estimate of drug-likeness (QED) is 0.277. The molecule has 0 unspecified atom stereocenters. The van der Waals surface area contributed by atoms with Crippen LogP contribution in [0.5, 0.6) is 11.5 Å². The maximum absolute atomic E-state index is 11.9. The monoisotopic (exact) mass is 505 g/mol. The molecular formula is C23H27N3O8S. The highest BCUT2D eigenvalue weighted by Crippen LogP contribution is 2.39. The van der Waals surface area contributed by atoms with E-state index in [4.69, 9.17) is 13.7 Å². The summed E-state index contributed by atoms with van der Waals surface area (Å²) in [6.45, 7) is 7.19. The van der Waals surface area contributed by atoms with Crippen LogP contribution in [0.1, 0.15) is 44.7 Å². The van der Waals surface area contributed by atoms with Gasteiger partial charge in [-0.15, -0.1) is 8.42 Å². The van der Waals surface area contributed by atoms with E-state index in [9.17, 15) is 18.0 Å². The van der Waals surface area contributed by atoms with Crippen LogP contribution >= 0.6 is 0 Å². The third kappa shape index (κ3) is 7.34. The molecule has 0 atom stereocenters. The van der Waals surface area contributed by atoms with Crippen LogP contribution < -0.4 is 19.6 Å². The van der Waals surface area contributed by atoms with Crippen LogP contribution in [0.15, 0.2) is 41.6 Å². The number of nitrogens with zero attached hydrogens (tertiary/aromatic N) is 1. The van der Waals surface area contributed by atoms with Crippen molar-refractivity contribution in [2.75, 3.05) is 17.2 Å². The van der Waals surface area contributed by atoms with Crippen LogP contribution in [0.25, 0.3) is 0 Å². The Balaban J connectivity index is 1.44. The van der Waals surface area contributed by atoms with Crippen molar-refractivity contribution in [1.82, 2.24) is 0 Å². The fraction of sp³-hybridized carbons (Fsp3) is 0.348. The van der Waals surface area contributed by atoms with Gasteiger partial charge in [0.1, 0.15) is 17.1 Å². The van der Waals surface area contributed by atoms with E-state index in [1.165, 1.54) is 37.4 Å². The summed E-state index contributed by atoms with van der Waals surface area (Å²) in [6, 6.07) is 9.40. The summed E-state index contributed by atoms with van der Waals surface area (Å²) in [5.74, 6) is 0.419. The molecule has 35 heavy (non-hydrogen) atoms. The second-order valence-electron chi connectivity index (χ2n) is 8.24. The van der Waals surface area contributed by atoms with Gasteiger partial charge in [-0.3, -0.25) is 10.1 Å². The molecular weight excluding hydrogens is 478 g/mol. The number of anilines is 2. The average molecular weight is 506 g/mol. The van der Waals surface area contributed by atoms with Gasteiger partial charge in [-0.05, 0) is 75.6 Å². The number of unbranched alkanes of at least 4 members (excludes halogenated alkanes) is 1. The van der Waals surface area contributed by atoms with E-state index in [1.807, 2.05) is 19.1 Å². The molecule has 12 heteroatoms. The molecule has 188 valence electrons. The maximum atomic E-state index is 11.9. The summed E-state index contributed by atoms with van der Waals surface area (Å²) in [6.07, 6.45) is 1.75. The summed E-state index contributed by atoms with van der Waals surface area (Å²) in [4.78, 5) is 22.7. The molecule has 0 spiro atoms. The topological polar surface area (TPSA) is 142 Å². The first-order chi connectivity index (χ1) is 16.4. The number of fused-ring (bicyclic) bond motifs is 1. The first-order valence-corrected chi connectivity index (χ1v) is 12.1. The summed E-state index contributed by atoms with van der Waals surface area (Å²) in [5.41, 5.74) is 2.06. The molecule has 0 radical (unpaired) electrons. The number of rotatable bonds is 10. The Morgan fingerprint density at radius 2 is 1.94 bits per heavy atom. The normalized spacial score (nSPS) is 14.5. The molecule has 0 fully saturated rings. The standard InChI is InChI=1S/C23H27N3O8S/c1-15-13-20-19(23(3,4)32-22(28)26-20)14-21(15)31-12-6-5-11-24-34-35(29,30)33-18-9-7-17(8-10-18)25-16(2)27/h7-11,13-14H,5-6,12H2,1-4H3,(H,25,27)(H,26,28). The lowest BCUT2D eigenvalue weighted by atomic mass is 9.93. The summed E-state index contributed by atoms with van der Waals surface area (Å²) in [7, 11) is -4.39. The van der Waals surface area contributed by atoms with Crippen molar-refractivity contribution in [2.24, 2.45) is 5.16 Å². The number of cyclic esters (lactones) is 1. The molecule has 2 N–H and O–H groups in total. The zero-order valence-electron chi connectivity index (χ0n) is 19.8. The summed E-state index contributed by atoms with van der Waals surface area (Å²) in [5, 5.41) is 8.68. The average Bonchev–Trinajstić information content (AvgIpc) is 2.73. The fourth-order valence-electron chi connectivity index (χ4n) is 3.29. The number of hydrogen-bond acceptors (Lipinski definition) is 9. The Bertz CT molecular complexity index is 1220. The Morgan fingerprint density at radius 3 is 2.63 bits per heavy atom. The number of nitrogens with one attached hydrogen (secondary N) is 2. The SMILES string of the molecule is CC(=O)Nc1ccc(OS(=O)(=O)ON=CCCCOc2cc3c(cc2C)NC(=O)OC3(C)C)cc1. The van der Waals surface area contributed by atoms with Gasteiger partial charge in [0.05, 0.1) is 12.3 Å². The predicted octanol–water partition coefficient (Wildman–Crippen LogP) is 4.24. The molecule has 2 aromatic carbocycles. The molecule has 0 bridgehead atoms. The van der Waals surface area contributed by atoms with E-state index in [0.717, 1.165) is 11.1 Å². The lowest BCUT2D eigenvalue weighted by molar-refractivity contribution is -0.114. The van der Waals surface area contributed by atoms with E-state index in [-0.39, 0.29) is 11.7 Å². The third-order valence-corrected chi connectivity index (χ3v) is 5.53. The lowest BCUT2D eigenvalue weighted by Crippen LogP contribution is -2.34. The highest BCUT2D eigenvalue weighted by atomic mass is 32.3. The highest BCUT2D eigenvalue weighted by Gasteiger charge is 2.34. The van der Waals surface area contributed by atoms with Gasteiger partial charge < -0.3 is 19.0 Å². The zero-order chi connectivity index (χ0) is 25.6. The Labute approximate surface area is 203 Å². The predicted molar refractivity (Wildman–Crippen MR) is 129 cm³/mol. The van der Waals surface area contributed by atoms with Crippen molar-refractivity contribution in [3.05, 3.63) is 47.5 Å². The van der Waals surface area contributed by atoms with Gasteiger partial charge in [0, 0.05) is 24.4 Å². The minimum atomic E-state index is -4.39. The zero-order valence-corrected chi connectivity index (χ0v) is 20.6. The van der Waals surface area contributed by atoms with Crippen molar-refractivity contribution < 1.29 is 35.9 Å². The van der Waals surface area contributed by atoms with Crippen molar-refractivity contribution in [3.63, 3.8) is 0 Å². The smallest absolute Gasteiger partial charge is 0.493 e. The summed E-state index contributed by atoms with van der Waals surface area (Å²) < 4.78 is 44.2. The largest absolute Gasteiger partial charge is 0.521 e. The Hall–Kier alpha value is -3.80. The number of hydrogen-bond donors (Lipinski definition) is 2. The second-order valence-corrected chi connectivity index (χ2v) is 9.37. The molecule has 2 amide bonds. The second kappa shape index (κ2) is 10.6. The van der Waals surface area contributed by atoms with Gasteiger partial charge in [-0.25, -0.2) is 9.08 Å². The minimum Gasteiger partial charge on any atom is -0.493 e. The number of carbonyl (C=O) groups is 2. The molecule has 11 nitrogen and oxygen atoms in total. The van der Waals surface area contributed by atoms with E-state index < -0.39 is 22.1 Å². The van der Waals surface area contributed by atoms with Gasteiger partial charge in [-0.2, -0.15) is 0 Å². The molecule has 0 saturated heterocycles. The molecule has 2 aromatic rings. The third-order valence-electron chi connectivity index (χ3n) is 4.87. The van der Waals surface area contributed by atoms with Crippen molar-refractivity contribution in [1.29, 1.82) is 0 Å².